The van der Waals surface area contributed by atoms with Gasteiger partial charge in [-0.15, -0.1) is 0 Å². The van der Waals surface area contributed by atoms with Crippen LogP contribution in [0.4, 0.5) is 0 Å². The highest BCUT2D eigenvalue weighted by atomic mass is 16.5. The highest BCUT2D eigenvalue weighted by Gasteiger charge is 2.29. The van der Waals surface area contributed by atoms with Gasteiger partial charge in [0, 0.05) is 56.4 Å². The Labute approximate surface area is 188 Å². The van der Waals surface area contributed by atoms with Gasteiger partial charge in [0.2, 0.25) is 5.91 Å². The summed E-state index contributed by atoms with van der Waals surface area (Å²) in [5.74, 6) is 2.48. The van der Waals surface area contributed by atoms with Gasteiger partial charge in [-0.1, -0.05) is 25.1 Å². The molecular weight excluding hydrogens is 402 g/mol. The molecule has 6 nitrogen and oxygen atoms in total. The zero-order valence-electron chi connectivity index (χ0n) is 18.4. The fourth-order valence-electron chi connectivity index (χ4n) is 4.20. The number of nitrogens with zero attached hydrogens (tertiary/aromatic N) is 3. The van der Waals surface area contributed by atoms with E-state index in [0.717, 1.165) is 37.4 Å². The topological polar surface area (TPSA) is 64.4 Å². The first-order chi connectivity index (χ1) is 15.6. The van der Waals surface area contributed by atoms with Crippen LogP contribution in [0.5, 0.6) is 11.5 Å². The summed E-state index contributed by atoms with van der Waals surface area (Å²) < 4.78 is 7.84. The van der Waals surface area contributed by atoms with Gasteiger partial charge < -0.3 is 14.2 Å². The largest absolute Gasteiger partial charge is 0.457 e. The van der Waals surface area contributed by atoms with Crippen LogP contribution >= 0.6 is 0 Å². The van der Waals surface area contributed by atoms with Crippen molar-refractivity contribution >= 4 is 11.7 Å². The van der Waals surface area contributed by atoms with Crippen molar-refractivity contribution in [3.05, 3.63) is 78.4 Å². The van der Waals surface area contributed by atoms with Gasteiger partial charge in [-0.05, 0) is 49.2 Å². The number of hydrogen-bond acceptors (Lipinski definition) is 4. The summed E-state index contributed by atoms with van der Waals surface area (Å²) in [5, 5.41) is 0. The zero-order valence-corrected chi connectivity index (χ0v) is 18.4. The van der Waals surface area contributed by atoms with Crippen LogP contribution < -0.4 is 4.74 Å². The van der Waals surface area contributed by atoms with E-state index < -0.39 is 0 Å². The normalized spacial score (nSPS) is 16.0. The number of aromatic nitrogens is 2. The summed E-state index contributed by atoms with van der Waals surface area (Å²) >= 11 is 0. The molecule has 1 saturated heterocycles. The third-order valence-corrected chi connectivity index (χ3v) is 5.95. The van der Waals surface area contributed by atoms with Gasteiger partial charge in [-0.25, -0.2) is 4.98 Å². The monoisotopic (exact) mass is 431 g/mol. The smallest absolute Gasteiger partial charge is 0.224 e. The Kier molecular flexibility index (Phi) is 7.00. The minimum atomic E-state index is -0.159. The molecule has 1 aliphatic rings. The van der Waals surface area contributed by atoms with E-state index in [1.165, 1.54) is 0 Å². The molecule has 4 rings (SSSR count). The van der Waals surface area contributed by atoms with Crippen LogP contribution in [0.2, 0.25) is 0 Å². The van der Waals surface area contributed by atoms with Crippen molar-refractivity contribution in [1.29, 1.82) is 0 Å². The lowest BCUT2D eigenvalue weighted by Gasteiger charge is -2.32. The van der Waals surface area contributed by atoms with E-state index in [-0.39, 0.29) is 17.6 Å². The third-order valence-electron chi connectivity index (χ3n) is 5.95. The van der Waals surface area contributed by atoms with Crippen molar-refractivity contribution in [1.82, 2.24) is 14.5 Å². The Balaban J connectivity index is 1.33. The van der Waals surface area contributed by atoms with Crippen molar-refractivity contribution in [2.45, 2.75) is 39.2 Å². The highest BCUT2D eigenvalue weighted by molar-refractivity contribution is 5.98. The maximum absolute atomic E-state index is 13.1. The fraction of sp³-hybridized carbons (Fsp3) is 0.346. The third kappa shape index (κ3) is 5.25. The minimum absolute atomic E-state index is 0.0941. The van der Waals surface area contributed by atoms with Gasteiger partial charge in [0.15, 0.2) is 5.78 Å². The van der Waals surface area contributed by atoms with Gasteiger partial charge in [-0.2, -0.15) is 0 Å². The molecule has 2 aromatic carbocycles. The first kappa shape index (κ1) is 21.8. The minimum Gasteiger partial charge on any atom is -0.457 e. The first-order valence-corrected chi connectivity index (χ1v) is 11.3. The van der Waals surface area contributed by atoms with Crippen LogP contribution in [0.3, 0.4) is 0 Å². The molecule has 6 heteroatoms. The number of imidazole rings is 1. The Morgan fingerprint density at radius 2 is 1.81 bits per heavy atom. The second kappa shape index (κ2) is 10.3. The molecule has 1 amide bonds. The molecular formula is C26H29N3O3. The molecule has 32 heavy (non-hydrogen) atoms. The summed E-state index contributed by atoms with van der Waals surface area (Å²) in [4.78, 5) is 32.0. The number of ether oxygens (including phenoxy) is 1. The average Bonchev–Trinajstić information content (AvgIpc) is 3.31. The van der Waals surface area contributed by atoms with Crippen LogP contribution in [0.15, 0.2) is 67.0 Å². The molecule has 166 valence electrons. The number of aryl methyl sites for hydroxylation is 2. The molecule has 0 bridgehead atoms. The molecule has 0 spiro atoms. The Morgan fingerprint density at radius 1 is 1.06 bits per heavy atom. The number of hydrogen-bond donors (Lipinski definition) is 0. The summed E-state index contributed by atoms with van der Waals surface area (Å²) in [6, 6.07) is 16.8. The second-order valence-corrected chi connectivity index (χ2v) is 8.12. The SMILES string of the molecule is CCc1nccn1CCC(=O)N1CCC[C@@H](C(=O)c2ccc(Oc3ccccc3)cc2)C1. The zero-order chi connectivity index (χ0) is 22.3. The van der Waals surface area contributed by atoms with Crippen LogP contribution in [-0.4, -0.2) is 39.2 Å². The van der Waals surface area contributed by atoms with Crippen LogP contribution in [0, 0.1) is 5.92 Å². The lowest BCUT2D eigenvalue weighted by atomic mass is 9.90. The molecule has 3 aromatic rings. The first-order valence-electron chi connectivity index (χ1n) is 11.3. The number of para-hydroxylation sites is 1. The predicted octanol–water partition coefficient (Wildman–Crippen LogP) is 4.75. The summed E-state index contributed by atoms with van der Waals surface area (Å²) in [5.41, 5.74) is 0.663. The lowest BCUT2D eigenvalue weighted by Crippen LogP contribution is -2.42. The summed E-state index contributed by atoms with van der Waals surface area (Å²) in [6.45, 7) is 3.89. The fourth-order valence-corrected chi connectivity index (χ4v) is 4.20. The number of ketones is 1. The van der Waals surface area contributed by atoms with Crippen molar-refractivity contribution in [3.63, 3.8) is 0 Å². The average molecular weight is 432 g/mol. The van der Waals surface area contributed by atoms with E-state index in [1.807, 2.05) is 70.3 Å². The Hall–Kier alpha value is -3.41. The van der Waals surface area contributed by atoms with Crippen molar-refractivity contribution in [2.75, 3.05) is 13.1 Å². The quantitative estimate of drug-likeness (QED) is 0.483. The van der Waals surface area contributed by atoms with E-state index in [0.29, 0.717) is 30.8 Å². The molecule has 2 heterocycles. The molecule has 1 fully saturated rings. The van der Waals surface area contributed by atoms with Crippen molar-refractivity contribution in [2.24, 2.45) is 5.92 Å². The lowest BCUT2D eigenvalue weighted by molar-refractivity contribution is -0.132. The maximum Gasteiger partial charge on any atom is 0.224 e. The number of carbonyl (C=O) groups is 2. The number of benzene rings is 2. The molecule has 0 unspecified atom stereocenters. The number of amides is 1. The van der Waals surface area contributed by atoms with E-state index >= 15 is 0 Å². The van der Waals surface area contributed by atoms with Crippen LogP contribution in [-0.2, 0) is 17.8 Å². The number of Topliss-reactive ketones (excluding diaryl/α,β-unsaturated/α-hetero) is 1. The Bertz CT molecular complexity index is 1040. The van der Waals surface area contributed by atoms with E-state index in [4.69, 9.17) is 4.74 Å². The number of piperidine rings is 1. The van der Waals surface area contributed by atoms with Crippen LogP contribution in [0.1, 0.15) is 42.4 Å². The molecule has 0 aliphatic carbocycles. The van der Waals surface area contributed by atoms with Gasteiger partial charge in [0.1, 0.15) is 17.3 Å². The number of likely N-dealkylation sites (tertiary alicyclic amines) is 1. The summed E-state index contributed by atoms with van der Waals surface area (Å²) in [7, 11) is 0. The van der Waals surface area contributed by atoms with E-state index in [2.05, 4.69) is 11.9 Å². The molecule has 1 aromatic heterocycles. The Morgan fingerprint density at radius 3 is 2.56 bits per heavy atom. The van der Waals surface area contributed by atoms with E-state index in [1.54, 1.807) is 6.20 Å². The van der Waals surface area contributed by atoms with Gasteiger partial charge in [0.05, 0.1) is 0 Å². The van der Waals surface area contributed by atoms with Gasteiger partial charge in [-0.3, -0.25) is 9.59 Å². The number of carbonyl (C=O) groups excluding carboxylic acids is 2. The number of rotatable bonds is 8. The molecule has 0 radical (unpaired) electrons. The molecule has 1 atom stereocenters. The van der Waals surface area contributed by atoms with Gasteiger partial charge in [0.25, 0.3) is 0 Å². The highest BCUT2D eigenvalue weighted by Crippen LogP contribution is 2.25. The van der Waals surface area contributed by atoms with Crippen LogP contribution in [0.25, 0.3) is 0 Å². The maximum atomic E-state index is 13.1. The predicted molar refractivity (Wildman–Crippen MR) is 123 cm³/mol. The van der Waals surface area contributed by atoms with E-state index in [9.17, 15) is 9.59 Å². The van der Waals surface area contributed by atoms with Crippen molar-refractivity contribution in [3.8, 4) is 11.5 Å². The molecule has 1 aliphatic heterocycles. The molecule has 0 saturated carbocycles. The molecule has 0 N–H and O–H groups in total. The van der Waals surface area contributed by atoms with Crippen molar-refractivity contribution < 1.29 is 14.3 Å². The second-order valence-electron chi connectivity index (χ2n) is 8.12. The van der Waals surface area contributed by atoms with Gasteiger partial charge >= 0.3 is 0 Å². The standard InChI is InChI=1S/C26H29N3O3/c1-2-24-27-15-18-28(24)17-14-25(30)29-16-6-7-21(19-29)26(31)20-10-12-23(13-11-20)32-22-8-4-3-5-9-22/h3-5,8-13,15,18,21H,2,6-7,14,16-17,19H2,1H3/t21-/m1/s1. The summed E-state index contributed by atoms with van der Waals surface area (Å²) in [6.07, 6.45) is 6.62.